The van der Waals surface area contributed by atoms with Crippen LogP contribution in [0.1, 0.15) is 16.8 Å². The molecule has 118 valence electrons. The Bertz CT molecular complexity index is 599. The molecule has 0 radical (unpaired) electrons. The second-order valence-corrected chi connectivity index (χ2v) is 6.50. The molecular weight excluding hydrogens is 333 g/mol. The SMILES string of the molecule is O=C(OCC(F)(F)F)c1ccccc1S(=O)(=O)CCCCl. The fourth-order valence-electron chi connectivity index (χ4n) is 1.49. The molecule has 0 amide bonds. The Morgan fingerprint density at radius 2 is 1.86 bits per heavy atom. The lowest BCUT2D eigenvalue weighted by Gasteiger charge is -2.11. The van der Waals surface area contributed by atoms with Crippen LogP contribution in [0, 0.1) is 0 Å². The van der Waals surface area contributed by atoms with Crippen molar-refractivity contribution >= 4 is 27.4 Å². The molecule has 21 heavy (non-hydrogen) atoms. The Morgan fingerprint density at radius 3 is 2.43 bits per heavy atom. The van der Waals surface area contributed by atoms with Gasteiger partial charge in [-0.2, -0.15) is 13.2 Å². The monoisotopic (exact) mass is 344 g/mol. The van der Waals surface area contributed by atoms with Crippen LogP contribution < -0.4 is 0 Å². The van der Waals surface area contributed by atoms with Crippen LogP contribution in [0.25, 0.3) is 0 Å². The predicted octanol–water partition coefficient (Wildman–Crippen LogP) is 2.81. The van der Waals surface area contributed by atoms with Crippen LogP contribution in [0.15, 0.2) is 29.2 Å². The van der Waals surface area contributed by atoms with Gasteiger partial charge in [-0.25, -0.2) is 13.2 Å². The Balaban J connectivity index is 3.02. The molecule has 0 aliphatic carbocycles. The van der Waals surface area contributed by atoms with E-state index in [2.05, 4.69) is 4.74 Å². The Kier molecular flexibility index (Phi) is 6.03. The van der Waals surface area contributed by atoms with E-state index in [4.69, 9.17) is 11.6 Å². The van der Waals surface area contributed by atoms with Crippen molar-refractivity contribution in [1.29, 1.82) is 0 Å². The van der Waals surface area contributed by atoms with Crippen LogP contribution >= 0.6 is 11.6 Å². The predicted molar refractivity (Wildman–Crippen MR) is 70.2 cm³/mol. The highest BCUT2D eigenvalue weighted by Gasteiger charge is 2.31. The molecule has 0 spiro atoms. The second kappa shape index (κ2) is 7.13. The van der Waals surface area contributed by atoms with Gasteiger partial charge in [0.1, 0.15) is 0 Å². The number of carbonyl (C=O) groups excluding carboxylic acids is 1. The third-order valence-electron chi connectivity index (χ3n) is 2.36. The van der Waals surface area contributed by atoms with Crippen LogP contribution in [-0.4, -0.2) is 38.8 Å². The highest BCUT2D eigenvalue weighted by molar-refractivity contribution is 7.91. The standard InChI is InChI=1S/C12H12ClF3O4S/c13-6-3-7-21(18,19)10-5-2-1-4-9(10)11(17)20-8-12(14,15)16/h1-2,4-5H,3,6-8H2. The molecule has 9 heteroatoms. The van der Waals surface area contributed by atoms with Crippen LogP contribution in [0.4, 0.5) is 13.2 Å². The summed E-state index contributed by atoms with van der Waals surface area (Å²) in [6.45, 7) is -1.78. The number of esters is 1. The zero-order valence-electron chi connectivity index (χ0n) is 10.7. The van der Waals surface area contributed by atoms with Crippen LogP contribution in [0.5, 0.6) is 0 Å². The summed E-state index contributed by atoms with van der Waals surface area (Å²) in [7, 11) is -3.82. The summed E-state index contributed by atoms with van der Waals surface area (Å²) in [4.78, 5) is 11.3. The molecule has 0 aliphatic rings. The van der Waals surface area contributed by atoms with E-state index in [9.17, 15) is 26.4 Å². The van der Waals surface area contributed by atoms with Gasteiger partial charge in [0.15, 0.2) is 16.4 Å². The van der Waals surface area contributed by atoms with Gasteiger partial charge in [-0.15, -0.1) is 11.6 Å². The minimum atomic E-state index is -4.68. The number of rotatable bonds is 6. The molecule has 0 heterocycles. The quantitative estimate of drug-likeness (QED) is 0.588. The molecule has 0 bridgehead atoms. The van der Waals surface area contributed by atoms with Gasteiger partial charge in [0, 0.05) is 5.88 Å². The van der Waals surface area contributed by atoms with Gasteiger partial charge in [-0.1, -0.05) is 12.1 Å². The summed E-state index contributed by atoms with van der Waals surface area (Å²) in [6, 6.07) is 4.96. The molecule has 0 saturated carbocycles. The number of hydrogen-bond acceptors (Lipinski definition) is 4. The molecule has 0 aromatic heterocycles. The van der Waals surface area contributed by atoms with E-state index in [1.54, 1.807) is 0 Å². The van der Waals surface area contributed by atoms with E-state index in [-0.39, 0.29) is 22.9 Å². The summed E-state index contributed by atoms with van der Waals surface area (Å²) in [5.41, 5.74) is -0.420. The molecule has 1 aromatic rings. The van der Waals surface area contributed by atoms with E-state index >= 15 is 0 Å². The first-order valence-corrected chi connectivity index (χ1v) is 7.97. The first-order valence-electron chi connectivity index (χ1n) is 5.79. The van der Waals surface area contributed by atoms with E-state index in [0.29, 0.717) is 0 Å². The number of sulfone groups is 1. The third-order valence-corrected chi connectivity index (χ3v) is 4.48. The number of ether oxygens (including phenoxy) is 1. The highest BCUT2D eigenvalue weighted by atomic mass is 35.5. The van der Waals surface area contributed by atoms with Crippen molar-refractivity contribution < 1.29 is 31.1 Å². The maximum Gasteiger partial charge on any atom is 0.422 e. The minimum Gasteiger partial charge on any atom is -0.452 e. The fourth-order valence-corrected chi connectivity index (χ4v) is 3.29. The largest absolute Gasteiger partial charge is 0.452 e. The van der Waals surface area contributed by atoms with Crippen molar-refractivity contribution in [1.82, 2.24) is 0 Å². The molecule has 0 N–H and O–H groups in total. The zero-order valence-corrected chi connectivity index (χ0v) is 12.3. The minimum absolute atomic E-state index is 0.111. The number of carbonyl (C=O) groups is 1. The van der Waals surface area contributed by atoms with Gasteiger partial charge < -0.3 is 4.74 Å². The van der Waals surface area contributed by atoms with Crippen molar-refractivity contribution in [3.63, 3.8) is 0 Å². The molecule has 1 aromatic carbocycles. The zero-order chi connectivity index (χ0) is 16.1. The molecule has 0 fully saturated rings. The summed E-state index contributed by atoms with van der Waals surface area (Å²) >= 11 is 5.42. The highest BCUT2D eigenvalue weighted by Crippen LogP contribution is 2.21. The maximum atomic E-state index is 12.0. The Labute approximate surface area is 124 Å². The lowest BCUT2D eigenvalue weighted by molar-refractivity contribution is -0.161. The van der Waals surface area contributed by atoms with Gasteiger partial charge in [0.25, 0.3) is 0 Å². The summed E-state index contributed by atoms with van der Waals surface area (Å²) < 4.78 is 64.2. The number of benzene rings is 1. The maximum absolute atomic E-state index is 12.0. The molecule has 4 nitrogen and oxygen atoms in total. The van der Waals surface area contributed by atoms with Gasteiger partial charge >= 0.3 is 12.1 Å². The summed E-state index contributed by atoms with van der Waals surface area (Å²) in [6.07, 6.45) is -4.52. The lowest BCUT2D eigenvalue weighted by atomic mass is 10.2. The average molecular weight is 345 g/mol. The first-order chi connectivity index (χ1) is 9.67. The lowest BCUT2D eigenvalue weighted by Crippen LogP contribution is -2.22. The molecule has 1 rings (SSSR count). The third kappa shape index (κ3) is 5.55. The van der Waals surface area contributed by atoms with Crippen molar-refractivity contribution in [2.75, 3.05) is 18.2 Å². The van der Waals surface area contributed by atoms with Gasteiger partial charge in [0.05, 0.1) is 16.2 Å². The number of hydrogen-bond donors (Lipinski definition) is 0. The van der Waals surface area contributed by atoms with Crippen molar-refractivity contribution in [2.45, 2.75) is 17.5 Å². The van der Waals surface area contributed by atoms with E-state index in [0.717, 1.165) is 12.1 Å². The number of halogens is 4. The smallest absolute Gasteiger partial charge is 0.422 e. The van der Waals surface area contributed by atoms with Gasteiger partial charge in [-0.3, -0.25) is 0 Å². The Morgan fingerprint density at radius 1 is 1.24 bits per heavy atom. The van der Waals surface area contributed by atoms with Crippen LogP contribution in [-0.2, 0) is 14.6 Å². The van der Waals surface area contributed by atoms with Crippen molar-refractivity contribution in [3.05, 3.63) is 29.8 Å². The average Bonchev–Trinajstić information content (AvgIpc) is 2.42. The van der Waals surface area contributed by atoms with Gasteiger partial charge in [0.2, 0.25) is 0 Å². The van der Waals surface area contributed by atoms with E-state index < -0.39 is 34.2 Å². The topological polar surface area (TPSA) is 60.4 Å². The van der Waals surface area contributed by atoms with E-state index in [1.807, 2.05) is 0 Å². The van der Waals surface area contributed by atoms with Crippen molar-refractivity contribution in [3.8, 4) is 0 Å². The molecule has 0 unspecified atom stereocenters. The van der Waals surface area contributed by atoms with Crippen LogP contribution in [0.2, 0.25) is 0 Å². The fraction of sp³-hybridized carbons (Fsp3) is 0.417. The Hall–Kier alpha value is -1.28. The molecule has 0 saturated heterocycles. The molecular formula is C12H12ClF3O4S. The summed E-state index contributed by atoms with van der Waals surface area (Å²) in [5, 5.41) is 0. The summed E-state index contributed by atoms with van der Waals surface area (Å²) in [5.74, 6) is -1.53. The number of alkyl halides is 4. The second-order valence-electron chi connectivity index (χ2n) is 4.05. The van der Waals surface area contributed by atoms with Crippen molar-refractivity contribution in [2.24, 2.45) is 0 Å². The van der Waals surface area contributed by atoms with Crippen LogP contribution in [0.3, 0.4) is 0 Å². The van der Waals surface area contributed by atoms with E-state index in [1.165, 1.54) is 12.1 Å². The molecule has 0 atom stereocenters. The normalized spacial score (nSPS) is 12.2. The first kappa shape index (κ1) is 17.8. The molecule has 0 aliphatic heterocycles. The van der Waals surface area contributed by atoms with Gasteiger partial charge in [-0.05, 0) is 18.6 Å².